The summed E-state index contributed by atoms with van der Waals surface area (Å²) >= 11 is 0. The molecule has 1 unspecified atom stereocenters. The van der Waals surface area contributed by atoms with Crippen LogP contribution in [0.2, 0.25) is 0 Å². The molecular weight excluding hydrogens is 492 g/mol. The topological polar surface area (TPSA) is 96.8 Å². The number of tetrazole rings is 1. The molecule has 2 bridgehead atoms. The van der Waals surface area contributed by atoms with E-state index in [4.69, 9.17) is 5.26 Å². The number of halogens is 6. The zero-order valence-corrected chi connectivity index (χ0v) is 18.3. The van der Waals surface area contributed by atoms with Gasteiger partial charge in [0, 0.05) is 17.0 Å². The molecule has 1 N–H and O–H groups in total. The maximum absolute atomic E-state index is 16.1. The quantitative estimate of drug-likeness (QED) is 0.460. The second-order valence-corrected chi connectivity index (χ2v) is 9.41. The minimum Gasteiger partial charge on any atom is -0.421 e. The highest BCUT2D eigenvalue weighted by molar-refractivity contribution is 5.44. The third kappa shape index (κ3) is 3.42. The van der Waals surface area contributed by atoms with Gasteiger partial charge in [-0.25, -0.2) is 22.2 Å². The van der Waals surface area contributed by atoms with Gasteiger partial charge in [-0.3, -0.25) is 0 Å². The first kappa shape index (κ1) is 24.1. The normalized spacial score (nSPS) is 24.7. The summed E-state index contributed by atoms with van der Waals surface area (Å²) < 4.78 is 91.8. The fraction of sp³-hybridized carbons (Fsp3) is 0.391. The Morgan fingerprint density at radius 3 is 2.28 bits per heavy atom. The van der Waals surface area contributed by atoms with Gasteiger partial charge in [0.25, 0.3) is 5.92 Å². The van der Waals surface area contributed by atoms with Gasteiger partial charge in [0.05, 0.1) is 6.54 Å². The van der Waals surface area contributed by atoms with Crippen molar-refractivity contribution in [3.63, 3.8) is 0 Å². The second-order valence-electron chi connectivity index (χ2n) is 9.41. The minimum absolute atomic E-state index is 0.0672. The molecule has 2 aromatic carbocycles. The first-order chi connectivity index (χ1) is 16.9. The third-order valence-electron chi connectivity index (χ3n) is 7.22. The maximum atomic E-state index is 16.1. The number of nitriles is 1. The summed E-state index contributed by atoms with van der Waals surface area (Å²) in [6.07, 6.45) is -3.22. The van der Waals surface area contributed by atoms with E-state index in [2.05, 4.69) is 20.3 Å². The van der Waals surface area contributed by atoms with Crippen LogP contribution in [0.4, 0.5) is 26.3 Å². The lowest BCUT2D eigenvalue weighted by atomic mass is 9.30. The zero-order valence-electron chi connectivity index (χ0n) is 18.3. The molecule has 188 valence electrons. The molecule has 7 nitrogen and oxygen atoms in total. The first-order valence-electron chi connectivity index (χ1n) is 10.7. The van der Waals surface area contributed by atoms with Gasteiger partial charge < -0.3 is 9.84 Å². The number of hydrogen-bond donors (Lipinski definition) is 1. The predicted octanol–water partition coefficient (Wildman–Crippen LogP) is 4.09. The molecule has 0 amide bonds. The van der Waals surface area contributed by atoms with Crippen molar-refractivity contribution < 1.29 is 36.2 Å². The SMILES string of the molecule is N#CC(F)(F)Oc1ccc(C23CC(C(F)(F)C(O)(Cn4cnnn4)c4ccc(F)cc4F)(C2)C3)cc1. The molecule has 1 aromatic heterocycles. The summed E-state index contributed by atoms with van der Waals surface area (Å²) in [5.74, 6) is -6.48. The molecule has 3 aliphatic rings. The molecule has 3 saturated carbocycles. The molecule has 1 heterocycles. The Labute approximate surface area is 199 Å². The first-order valence-corrected chi connectivity index (χ1v) is 10.7. The number of rotatable bonds is 8. The van der Waals surface area contributed by atoms with Crippen molar-refractivity contribution in [2.75, 3.05) is 0 Å². The highest BCUT2D eigenvalue weighted by Crippen LogP contribution is 2.80. The Balaban J connectivity index is 1.42. The van der Waals surface area contributed by atoms with Crippen molar-refractivity contribution in [1.29, 1.82) is 5.26 Å². The smallest absolute Gasteiger partial charge is 0.421 e. The molecule has 1 atom stereocenters. The van der Waals surface area contributed by atoms with Gasteiger partial charge >= 0.3 is 6.11 Å². The summed E-state index contributed by atoms with van der Waals surface area (Å²) in [7, 11) is 0. The summed E-state index contributed by atoms with van der Waals surface area (Å²) in [6, 6.07) is 8.03. The summed E-state index contributed by atoms with van der Waals surface area (Å²) in [4.78, 5) is 0. The van der Waals surface area contributed by atoms with Crippen LogP contribution in [0.25, 0.3) is 0 Å². The van der Waals surface area contributed by atoms with Crippen LogP contribution in [-0.4, -0.2) is 37.3 Å². The van der Waals surface area contributed by atoms with Gasteiger partial charge in [0.1, 0.15) is 23.7 Å². The number of alkyl halides is 4. The molecule has 3 aliphatic carbocycles. The average molecular weight is 509 g/mol. The number of aromatic nitrogens is 4. The Bertz CT molecular complexity index is 1320. The maximum Gasteiger partial charge on any atom is 0.494 e. The van der Waals surface area contributed by atoms with Crippen LogP contribution in [0.5, 0.6) is 5.75 Å². The van der Waals surface area contributed by atoms with Gasteiger partial charge in [-0.1, -0.05) is 12.1 Å². The summed E-state index contributed by atoms with van der Waals surface area (Å²) in [5.41, 5.74) is -5.67. The zero-order chi connectivity index (χ0) is 26.0. The van der Waals surface area contributed by atoms with Gasteiger partial charge in [-0.2, -0.15) is 5.26 Å². The van der Waals surface area contributed by atoms with E-state index < -0.39 is 52.2 Å². The highest BCUT2D eigenvalue weighted by Gasteiger charge is 2.82. The molecule has 0 spiro atoms. The van der Waals surface area contributed by atoms with Crippen LogP contribution in [0.1, 0.15) is 30.4 Å². The number of ether oxygens (including phenoxy) is 1. The number of hydrogen-bond acceptors (Lipinski definition) is 6. The summed E-state index contributed by atoms with van der Waals surface area (Å²) in [6.45, 7) is -0.885. The van der Waals surface area contributed by atoms with Crippen molar-refractivity contribution in [3.05, 3.63) is 71.6 Å². The van der Waals surface area contributed by atoms with Crippen molar-refractivity contribution in [2.45, 2.75) is 48.9 Å². The molecule has 3 aromatic rings. The van der Waals surface area contributed by atoms with E-state index in [1.54, 1.807) is 0 Å². The third-order valence-corrected chi connectivity index (χ3v) is 7.22. The molecule has 3 fully saturated rings. The van der Waals surface area contributed by atoms with Gasteiger partial charge in [-0.15, -0.1) is 13.9 Å². The van der Waals surface area contributed by atoms with Crippen molar-refractivity contribution in [3.8, 4) is 11.8 Å². The standard InChI is InChI=1S/C23H17F6N5O2/c24-15-3-6-17(18(25)7-15)21(35,12-34-13-31-32-33-34)23(28,29)20-8-19(9-20,10-20)14-1-4-16(5-2-14)36-22(26,27)11-30/h1-7,13,35H,8-10,12H2. The highest BCUT2D eigenvalue weighted by atomic mass is 19.3. The largest absolute Gasteiger partial charge is 0.494 e. The Morgan fingerprint density at radius 1 is 1.06 bits per heavy atom. The van der Waals surface area contributed by atoms with Gasteiger partial charge in [0.15, 0.2) is 11.7 Å². The van der Waals surface area contributed by atoms with E-state index in [1.807, 2.05) is 0 Å². The predicted molar refractivity (Wildman–Crippen MR) is 109 cm³/mol. The van der Waals surface area contributed by atoms with E-state index >= 15 is 8.78 Å². The molecule has 0 radical (unpaired) electrons. The van der Waals surface area contributed by atoms with E-state index in [-0.39, 0.29) is 25.0 Å². The lowest BCUT2D eigenvalue weighted by Gasteiger charge is -2.74. The fourth-order valence-electron chi connectivity index (χ4n) is 5.58. The molecule has 6 rings (SSSR count). The van der Waals surface area contributed by atoms with Crippen molar-refractivity contribution in [2.24, 2.45) is 5.41 Å². The average Bonchev–Trinajstić information content (AvgIpc) is 3.25. The van der Waals surface area contributed by atoms with Crippen LogP contribution in [-0.2, 0) is 17.6 Å². The lowest BCUT2D eigenvalue weighted by Crippen LogP contribution is -2.76. The van der Waals surface area contributed by atoms with E-state index in [1.165, 1.54) is 24.3 Å². The van der Waals surface area contributed by atoms with Crippen LogP contribution in [0.3, 0.4) is 0 Å². The summed E-state index contributed by atoms with van der Waals surface area (Å²) in [5, 5.41) is 30.0. The Kier molecular flexibility index (Phi) is 5.12. The molecule has 0 saturated heterocycles. The van der Waals surface area contributed by atoms with E-state index in [0.717, 1.165) is 23.1 Å². The van der Waals surface area contributed by atoms with Crippen molar-refractivity contribution in [1.82, 2.24) is 20.2 Å². The van der Waals surface area contributed by atoms with Crippen molar-refractivity contribution >= 4 is 0 Å². The van der Waals surface area contributed by atoms with Crippen LogP contribution >= 0.6 is 0 Å². The van der Waals surface area contributed by atoms with Gasteiger partial charge in [0.2, 0.25) is 0 Å². The number of aliphatic hydroxyl groups is 1. The molecule has 13 heteroatoms. The van der Waals surface area contributed by atoms with E-state index in [0.29, 0.717) is 17.7 Å². The monoisotopic (exact) mass is 509 g/mol. The molecule has 0 aliphatic heterocycles. The van der Waals surface area contributed by atoms with E-state index in [9.17, 15) is 22.7 Å². The fourth-order valence-corrected chi connectivity index (χ4v) is 5.58. The van der Waals surface area contributed by atoms with Gasteiger partial charge in [-0.05, 0) is 64.9 Å². The Hall–Kier alpha value is -3.66. The van der Waals surface area contributed by atoms with Crippen LogP contribution in [0, 0.1) is 28.4 Å². The molecule has 36 heavy (non-hydrogen) atoms. The Morgan fingerprint density at radius 2 is 1.72 bits per heavy atom. The number of benzene rings is 2. The lowest BCUT2D eigenvalue weighted by molar-refractivity contribution is -0.347. The minimum atomic E-state index is -4.01. The molecular formula is C23H17F6N5O2. The van der Waals surface area contributed by atoms with Crippen LogP contribution in [0.15, 0.2) is 48.8 Å². The van der Waals surface area contributed by atoms with Crippen LogP contribution < -0.4 is 4.74 Å². The number of nitrogens with zero attached hydrogens (tertiary/aromatic N) is 5. The second kappa shape index (κ2) is 7.67.